The summed E-state index contributed by atoms with van der Waals surface area (Å²) >= 11 is 3.95. The molecule has 1 aromatic carbocycles. The van der Waals surface area contributed by atoms with Crippen LogP contribution in [-0.4, -0.2) is 5.75 Å². The third-order valence-electron chi connectivity index (χ3n) is 1.84. The van der Waals surface area contributed by atoms with Gasteiger partial charge in [-0.2, -0.15) is 25.8 Å². The summed E-state index contributed by atoms with van der Waals surface area (Å²) in [5, 5.41) is 0. The molecule has 0 radical (unpaired) electrons. The maximum atomic E-state index is 12.4. The van der Waals surface area contributed by atoms with Crippen LogP contribution in [-0.2, 0) is 6.18 Å². The average Bonchev–Trinajstić information content (AvgIpc) is 2.19. The molecule has 0 spiro atoms. The Bertz CT molecular complexity index is 429. The number of rotatable bonds is 1. The summed E-state index contributed by atoms with van der Waals surface area (Å²) < 4.78 is 37.2. The minimum Gasteiger partial charge on any atom is -0.398 e. The van der Waals surface area contributed by atoms with E-state index in [1.165, 1.54) is 6.07 Å². The Morgan fingerprint density at radius 3 is 2.56 bits per heavy atom. The predicted molar refractivity (Wildman–Crippen MR) is 61.2 cm³/mol. The SMILES string of the molecule is Nc1ccc(C(F)(F)F)cc1C#CCCS. The first kappa shape index (κ1) is 12.8. The van der Waals surface area contributed by atoms with Gasteiger partial charge in [0.05, 0.1) is 5.56 Å². The van der Waals surface area contributed by atoms with Crippen molar-refractivity contribution in [3.8, 4) is 11.8 Å². The van der Waals surface area contributed by atoms with E-state index in [-0.39, 0.29) is 11.3 Å². The van der Waals surface area contributed by atoms with Gasteiger partial charge in [-0.15, -0.1) is 0 Å². The lowest BCUT2D eigenvalue weighted by atomic mass is 10.1. The highest BCUT2D eigenvalue weighted by molar-refractivity contribution is 7.80. The van der Waals surface area contributed by atoms with Crippen LogP contribution < -0.4 is 5.73 Å². The van der Waals surface area contributed by atoms with E-state index in [9.17, 15) is 13.2 Å². The van der Waals surface area contributed by atoms with Gasteiger partial charge in [0, 0.05) is 23.4 Å². The molecular weight excluding hydrogens is 235 g/mol. The van der Waals surface area contributed by atoms with Crippen molar-refractivity contribution in [3.63, 3.8) is 0 Å². The van der Waals surface area contributed by atoms with Gasteiger partial charge in [-0.25, -0.2) is 0 Å². The summed E-state index contributed by atoms with van der Waals surface area (Å²) in [6.07, 6.45) is -3.85. The van der Waals surface area contributed by atoms with Gasteiger partial charge in [0.15, 0.2) is 0 Å². The molecule has 0 amide bonds. The highest BCUT2D eigenvalue weighted by Gasteiger charge is 2.30. The van der Waals surface area contributed by atoms with Crippen LogP contribution in [0.1, 0.15) is 17.5 Å². The molecule has 1 aromatic rings. The summed E-state index contributed by atoms with van der Waals surface area (Å²) in [5.74, 6) is 5.86. The number of halogens is 3. The lowest BCUT2D eigenvalue weighted by molar-refractivity contribution is -0.137. The number of nitrogen functional groups attached to an aromatic ring is 1. The topological polar surface area (TPSA) is 26.0 Å². The van der Waals surface area contributed by atoms with E-state index in [2.05, 4.69) is 24.5 Å². The van der Waals surface area contributed by atoms with Crippen LogP contribution in [0.4, 0.5) is 18.9 Å². The molecule has 5 heteroatoms. The fourth-order valence-corrected chi connectivity index (χ4v) is 1.17. The first-order valence-corrected chi connectivity index (χ1v) is 5.15. The lowest BCUT2D eigenvalue weighted by Crippen LogP contribution is -2.05. The minimum atomic E-state index is -4.37. The Hall–Kier alpha value is -1.28. The molecule has 0 fully saturated rings. The molecule has 2 N–H and O–H groups in total. The lowest BCUT2D eigenvalue weighted by Gasteiger charge is -2.07. The van der Waals surface area contributed by atoms with Gasteiger partial charge in [0.2, 0.25) is 0 Å². The van der Waals surface area contributed by atoms with Gasteiger partial charge in [-0.05, 0) is 18.2 Å². The van der Waals surface area contributed by atoms with Crippen molar-refractivity contribution in [2.24, 2.45) is 0 Å². The maximum Gasteiger partial charge on any atom is 0.416 e. The van der Waals surface area contributed by atoms with Crippen molar-refractivity contribution in [2.75, 3.05) is 11.5 Å². The van der Waals surface area contributed by atoms with Gasteiger partial charge in [0.1, 0.15) is 0 Å². The van der Waals surface area contributed by atoms with Crippen LogP contribution in [0.15, 0.2) is 18.2 Å². The fraction of sp³-hybridized carbons (Fsp3) is 0.273. The maximum absolute atomic E-state index is 12.4. The molecule has 0 unspecified atom stereocenters. The molecule has 86 valence electrons. The molecule has 0 aromatic heterocycles. The Balaban J connectivity index is 3.06. The third kappa shape index (κ3) is 3.38. The quantitative estimate of drug-likeness (QED) is 0.444. The van der Waals surface area contributed by atoms with Crippen LogP contribution in [0.25, 0.3) is 0 Å². The van der Waals surface area contributed by atoms with Crippen LogP contribution in [0.5, 0.6) is 0 Å². The number of benzene rings is 1. The molecule has 0 bridgehead atoms. The van der Waals surface area contributed by atoms with Gasteiger partial charge in [0.25, 0.3) is 0 Å². The third-order valence-corrected chi connectivity index (χ3v) is 2.06. The molecule has 0 saturated carbocycles. The highest BCUT2D eigenvalue weighted by atomic mass is 32.1. The number of nitrogens with two attached hydrogens (primary N) is 1. The van der Waals surface area contributed by atoms with Crippen LogP contribution >= 0.6 is 12.6 Å². The van der Waals surface area contributed by atoms with Crippen molar-refractivity contribution in [3.05, 3.63) is 29.3 Å². The second-order valence-corrected chi connectivity index (χ2v) is 3.52. The number of anilines is 1. The predicted octanol–water partition coefficient (Wildman–Crippen LogP) is 2.96. The minimum absolute atomic E-state index is 0.205. The normalized spacial score (nSPS) is 10.8. The molecule has 0 aliphatic heterocycles. The van der Waals surface area contributed by atoms with Gasteiger partial charge in [-0.1, -0.05) is 11.8 Å². The van der Waals surface area contributed by atoms with Crippen molar-refractivity contribution < 1.29 is 13.2 Å². The number of thiol groups is 1. The Morgan fingerprint density at radius 1 is 1.31 bits per heavy atom. The Kier molecular flexibility index (Phi) is 4.13. The first-order valence-electron chi connectivity index (χ1n) is 4.51. The second kappa shape index (κ2) is 5.17. The van der Waals surface area contributed by atoms with Gasteiger partial charge in [-0.3, -0.25) is 0 Å². The second-order valence-electron chi connectivity index (χ2n) is 3.08. The van der Waals surface area contributed by atoms with Crippen LogP contribution in [0, 0.1) is 11.8 Å². The highest BCUT2D eigenvalue weighted by Crippen LogP contribution is 2.30. The van der Waals surface area contributed by atoms with Crippen LogP contribution in [0.2, 0.25) is 0 Å². The molecule has 1 rings (SSSR count). The molecule has 0 atom stereocenters. The van der Waals surface area contributed by atoms with Crippen molar-refractivity contribution in [1.29, 1.82) is 0 Å². The van der Waals surface area contributed by atoms with Gasteiger partial charge >= 0.3 is 6.18 Å². The van der Waals surface area contributed by atoms with Crippen molar-refractivity contribution >= 4 is 18.3 Å². The summed E-state index contributed by atoms with van der Waals surface area (Å²) in [6.45, 7) is 0. The molecule has 0 aliphatic carbocycles. The van der Waals surface area contributed by atoms with Crippen molar-refractivity contribution in [1.82, 2.24) is 0 Å². The summed E-state index contributed by atoms with van der Waals surface area (Å²) in [7, 11) is 0. The zero-order valence-electron chi connectivity index (χ0n) is 8.30. The van der Waals surface area contributed by atoms with E-state index in [1.54, 1.807) is 0 Å². The zero-order valence-corrected chi connectivity index (χ0v) is 9.20. The van der Waals surface area contributed by atoms with Crippen LogP contribution in [0.3, 0.4) is 0 Å². The van der Waals surface area contributed by atoms with E-state index in [0.717, 1.165) is 12.1 Å². The smallest absolute Gasteiger partial charge is 0.398 e. The summed E-state index contributed by atoms with van der Waals surface area (Å²) in [5.41, 5.74) is 5.24. The molecule has 0 saturated heterocycles. The Morgan fingerprint density at radius 2 is 2.00 bits per heavy atom. The molecule has 16 heavy (non-hydrogen) atoms. The number of hydrogen-bond donors (Lipinski definition) is 2. The summed E-state index contributed by atoms with van der Waals surface area (Å²) in [6, 6.07) is 3.12. The van der Waals surface area contributed by atoms with E-state index >= 15 is 0 Å². The number of hydrogen-bond acceptors (Lipinski definition) is 2. The monoisotopic (exact) mass is 245 g/mol. The molecular formula is C11H10F3NS. The zero-order chi connectivity index (χ0) is 12.2. The number of alkyl halides is 3. The molecule has 0 aliphatic rings. The van der Waals surface area contributed by atoms with E-state index in [0.29, 0.717) is 12.2 Å². The Labute approximate surface area is 97.2 Å². The molecule has 1 nitrogen and oxygen atoms in total. The molecule has 0 heterocycles. The van der Waals surface area contributed by atoms with Crippen molar-refractivity contribution in [2.45, 2.75) is 12.6 Å². The van der Waals surface area contributed by atoms with Gasteiger partial charge < -0.3 is 5.73 Å². The largest absolute Gasteiger partial charge is 0.416 e. The average molecular weight is 245 g/mol. The summed E-state index contributed by atoms with van der Waals surface area (Å²) in [4.78, 5) is 0. The van der Waals surface area contributed by atoms with E-state index in [4.69, 9.17) is 5.73 Å². The fourth-order valence-electron chi connectivity index (χ4n) is 1.05. The van der Waals surface area contributed by atoms with E-state index < -0.39 is 11.7 Å². The first-order chi connectivity index (χ1) is 7.45. The van der Waals surface area contributed by atoms with E-state index in [1.807, 2.05) is 0 Å². The standard InChI is InChI=1S/C11H10F3NS/c12-11(13,14)9-4-5-10(15)8(7-9)3-1-2-6-16/h4-5,7,16H,2,6,15H2.